The monoisotopic (exact) mass is 301 g/mol. The molecule has 0 amide bonds. The van der Waals surface area contributed by atoms with Crippen LogP contribution in [0.5, 0.6) is 0 Å². The maximum Gasteiger partial charge on any atom is 0.458 e. The minimum atomic E-state index is -6.06. The van der Waals surface area contributed by atoms with Crippen LogP contribution < -0.4 is 5.73 Å². The Balaban J connectivity index is 3.67. The summed E-state index contributed by atoms with van der Waals surface area (Å²) in [6.45, 7) is 0. The van der Waals surface area contributed by atoms with Gasteiger partial charge in [0.05, 0.1) is 9.85 Å². The van der Waals surface area contributed by atoms with Crippen LogP contribution in [0.3, 0.4) is 0 Å². The highest BCUT2D eigenvalue weighted by Gasteiger charge is 2.59. The molecule has 0 radical (unpaired) electrons. The van der Waals surface area contributed by atoms with Crippen molar-refractivity contribution >= 4 is 17.1 Å². The Labute approximate surface area is 106 Å². The molecule has 20 heavy (non-hydrogen) atoms. The van der Waals surface area contributed by atoms with E-state index < -0.39 is 44.6 Å². The standard InChI is InChI=1S/C8H4F5N3O4/c9-7(10,8(11,12)13)3-1-4(15(17)18)6(14)5(2-3)16(19)20/h1-2H,14H2. The van der Waals surface area contributed by atoms with E-state index in [1.54, 1.807) is 0 Å². The van der Waals surface area contributed by atoms with Gasteiger partial charge < -0.3 is 5.73 Å². The molecule has 7 nitrogen and oxygen atoms in total. The molecule has 1 aromatic rings. The lowest BCUT2D eigenvalue weighted by atomic mass is 10.0. The summed E-state index contributed by atoms with van der Waals surface area (Å²) in [6, 6.07) is -0.286. The molecule has 0 aliphatic rings. The number of hydrogen-bond acceptors (Lipinski definition) is 5. The lowest BCUT2D eigenvalue weighted by Crippen LogP contribution is -2.33. The maximum absolute atomic E-state index is 13.1. The summed E-state index contributed by atoms with van der Waals surface area (Å²) < 4.78 is 62.6. The number of nitrogens with two attached hydrogens (primary N) is 1. The third kappa shape index (κ3) is 2.44. The third-order valence-corrected chi connectivity index (χ3v) is 2.25. The van der Waals surface area contributed by atoms with Crippen LogP contribution in [0.4, 0.5) is 39.0 Å². The zero-order valence-corrected chi connectivity index (χ0v) is 9.15. The molecule has 0 unspecified atom stereocenters. The van der Waals surface area contributed by atoms with Crippen molar-refractivity contribution < 1.29 is 31.8 Å². The van der Waals surface area contributed by atoms with Crippen LogP contribution in [0.1, 0.15) is 5.56 Å². The second-order valence-electron chi connectivity index (χ2n) is 3.51. The Morgan fingerprint density at radius 1 is 0.950 bits per heavy atom. The van der Waals surface area contributed by atoms with Gasteiger partial charge in [0, 0.05) is 17.7 Å². The first-order valence-corrected chi connectivity index (χ1v) is 4.57. The first-order chi connectivity index (χ1) is 8.89. The average Bonchev–Trinajstić information content (AvgIpc) is 2.26. The van der Waals surface area contributed by atoms with Gasteiger partial charge in [0.15, 0.2) is 5.69 Å². The van der Waals surface area contributed by atoms with E-state index >= 15 is 0 Å². The number of nitrogens with zero attached hydrogens (tertiary/aromatic N) is 2. The normalized spacial score (nSPS) is 12.2. The van der Waals surface area contributed by atoms with Crippen LogP contribution in [0.15, 0.2) is 12.1 Å². The van der Waals surface area contributed by atoms with Crippen molar-refractivity contribution in [2.24, 2.45) is 0 Å². The van der Waals surface area contributed by atoms with Gasteiger partial charge in [-0.1, -0.05) is 0 Å². The summed E-state index contributed by atoms with van der Waals surface area (Å²) in [7, 11) is 0. The van der Waals surface area contributed by atoms with E-state index in [0.29, 0.717) is 0 Å². The second kappa shape index (κ2) is 4.54. The fraction of sp³-hybridized carbons (Fsp3) is 0.250. The lowest BCUT2D eigenvalue weighted by Gasteiger charge is -2.19. The summed E-state index contributed by atoms with van der Waals surface area (Å²) >= 11 is 0. The van der Waals surface area contributed by atoms with Crippen molar-refractivity contribution in [2.45, 2.75) is 12.1 Å². The SMILES string of the molecule is Nc1c([N+](=O)[O-])cc(C(F)(F)C(F)(F)F)cc1[N+](=O)[O-]. The average molecular weight is 301 g/mol. The minimum absolute atomic E-state index is 0.143. The highest BCUT2D eigenvalue weighted by atomic mass is 19.4. The molecule has 0 saturated carbocycles. The van der Waals surface area contributed by atoms with Crippen molar-refractivity contribution in [3.05, 3.63) is 37.9 Å². The first-order valence-electron chi connectivity index (χ1n) is 4.57. The third-order valence-electron chi connectivity index (χ3n) is 2.25. The Morgan fingerprint density at radius 3 is 1.55 bits per heavy atom. The van der Waals surface area contributed by atoms with E-state index in [-0.39, 0.29) is 12.1 Å². The molecule has 0 aliphatic heterocycles. The smallest absolute Gasteiger partial charge is 0.388 e. The van der Waals surface area contributed by atoms with E-state index in [1.165, 1.54) is 0 Å². The number of anilines is 1. The van der Waals surface area contributed by atoms with Gasteiger partial charge in [0.2, 0.25) is 0 Å². The molecule has 110 valence electrons. The van der Waals surface area contributed by atoms with Gasteiger partial charge in [-0.2, -0.15) is 22.0 Å². The van der Waals surface area contributed by atoms with Crippen LogP contribution in [0, 0.1) is 20.2 Å². The quantitative estimate of drug-likeness (QED) is 0.399. The number of nitro benzene ring substituents is 2. The molecule has 0 heterocycles. The highest BCUT2D eigenvalue weighted by Crippen LogP contribution is 2.47. The molecular formula is C8H4F5N3O4. The van der Waals surface area contributed by atoms with Crippen LogP contribution in [-0.4, -0.2) is 16.0 Å². The largest absolute Gasteiger partial charge is 0.458 e. The molecule has 1 rings (SSSR count). The Bertz CT molecular complexity index is 551. The van der Waals surface area contributed by atoms with Crippen LogP contribution in [0.2, 0.25) is 0 Å². The van der Waals surface area contributed by atoms with E-state index in [2.05, 4.69) is 0 Å². The summed E-state index contributed by atoms with van der Waals surface area (Å²) in [5.41, 5.74) is -0.854. The number of nitrogen functional groups attached to an aromatic ring is 1. The molecule has 0 aliphatic carbocycles. The second-order valence-corrected chi connectivity index (χ2v) is 3.51. The van der Waals surface area contributed by atoms with Crippen molar-refractivity contribution in [1.82, 2.24) is 0 Å². The molecule has 0 bridgehead atoms. The molecule has 0 spiro atoms. The molecule has 0 fully saturated rings. The number of nitro groups is 2. The number of alkyl halides is 5. The molecular weight excluding hydrogens is 297 g/mol. The molecule has 12 heteroatoms. The van der Waals surface area contributed by atoms with Gasteiger partial charge in [-0.15, -0.1) is 0 Å². The molecule has 0 saturated heterocycles. The topological polar surface area (TPSA) is 112 Å². The van der Waals surface area contributed by atoms with Crippen molar-refractivity contribution in [3.63, 3.8) is 0 Å². The molecule has 0 aromatic heterocycles. The van der Waals surface area contributed by atoms with Crippen molar-refractivity contribution in [3.8, 4) is 0 Å². The predicted octanol–water partition coefficient (Wildman–Crippen LogP) is 2.74. The number of benzene rings is 1. The molecule has 2 N–H and O–H groups in total. The Hall–Kier alpha value is -2.53. The highest BCUT2D eigenvalue weighted by molar-refractivity contribution is 5.72. The molecule has 1 aromatic carbocycles. The summed E-state index contributed by atoms with van der Waals surface area (Å²) in [5.74, 6) is -5.49. The van der Waals surface area contributed by atoms with Crippen LogP contribution in [-0.2, 0) is 5.92 Å². The number of rotatable bonds is 3. The fourth-order valence-electron chi connectivity index (χ4n) is 1.27. The van der Waals surface area contributed by atoms with Gasteiger partial charge in [0.1, 0.15) is 0 Å². The number of hydrogen-bond donors (Lipinski definition) is 1. The lowest BCUT2D eigenvalue weighted by molar-refractivity contribution is -0.392. The van der Waals surface area contributed by atoms with Crippen molar-refractivity contribution in [1.29, 1.82) is 0 Å². The van der Waals surface area contributed by atoms with Gasteiger partial charge in [-0.25, -0.2) is 0 Å². The van der Waals surface area contributed by atoms with E-state index in [9.17, 15) is 42.2 Å². The van der Waals surface area contributed by atoms with E-state index in [4.69, 9.17) is 5.73 Å². The van der Waals surface area contributed by atoms with Crippen LogP contribution >= 0.6 is 0 Å². The van der Waals surface area contributed by atoms with E-state index in [1.807, 2.05) is 0 Å². The zero-order valence-electron chi connectivity index (χ0n) is 9.15. The summed E-state index contributed by atoms with van der Waals surface area (Å²) in [6.07, 6.45) is -6.06. The zero-order chi connectivity index (χ0) is 15.9. The van der Waals surface area contributed by atoms with Gasteiger partial charge >= 0.3 is 12.1 Å². The van der Waals surface area contributed by atoms with Gasteiger partial charge in [-0.05, 0) is 0 Å². The summed E-state index contributed by atoms with van der Waals surface area (Å²) in [5, 5.41) is 21.0. The van der Waals surface area contributed by atoms with Crippen LogP contribution in [0.25, 0.3) is 0 Å². The first kappa shape index (κ1) is 15.5. The van der Waals surface area contributed by atoms with E-state index in [0.717, 1.165) is 0 Å². The predicted molar refractivity (Wildman–Crippen MR) is 54.1 cm³/mol. The Kier molecular flexibility index (Phi) is 3.52. The number of halogens is 5. The van der Waals surface area contributed by atoms with Crippen molar-refractivity contribution in [2.75, 3.05) is 5.73 Å². The van der Waals surface area contributed by atoms with Gasteiger partial charge in [0.25, 0.3) is 11.4 Å². The maximum atomic E-state index is 13.1. The summed E-state index contributed by atoms with van der Waals surface area (Å²) in [4.78, 5) is 18.2. The van der Waals surface area contributed by atoms with Gasteiger partial charge in [-0.3, -0.25) is 20.2 Å². The minimum Gasteiger partial charge on any atom is -0.388 e. The molecule has 0 atom stereocenters. The Morgan fingerprint density at radius 2 is 1.30 bits per heavy atom. The fourth-order valence-corrected chi connectivity index (χ4v) is 1.27.